The minimum absolute atomic E-state index is 0.918. The van der Waals surface area contributed by atoms with Crippen LogP contribution in [0.25, 0.3) is 109 Å². The van der Waals surface area contributed by atoms with Gasteiger partial charge in [-0.2, -0.15) is 0 Å². The van der Waals surface area contributed by atoms with Crippen molar-refractivity contribution in [3.05, 3.63) is 133 Å². The van der Waals surface area contributed by atoms with Crippen molar-refractivity contribution in [1.29, 1.82) is 0 Å². The van der Waals surface area contributed by atoms with Crippen molar-refractivity contribution in [1.82, 2.24) is 0 Å². The van der Waals surface area contributed by atoms with Gasteiger partial charge in [-0.25, -0.2) is 0 Å². The second-order valence-corrected chi connectivity index (χ2v) is 17.0. The highest BCUT2D eigenvalue weighted by Crippen LogP contribution is 2.45. The lowest BCUT2D eigenvalue weighted by Crippen LogP contribution is -2.50. The molecule has 0 aliphatic rings. The molecule has 0 aliphatic carbocycles. The molecular weight excluding hydrogens is 703 g/mol. The summed E-state index contributed by atoms with van der Waals surface area (Å²) >= 11 is 0. The van der Waals surface area contributed by atoms with Crippen LogP contribution in [-0.2, 0) is 0 Å². The Balaban J connectivity index is 1.23. The minimum atomic E-state index is 0.918. The van der Waals surface area contributed by atoms with E-state index < -0.39 is 0 Å². The molecule has 0 spiro atoms. The van der Waals surface area contributed by atoms with E-state index in [4.69, 9.17) is 4.42 Å². The molecule has 0 N–H and O–H groups in total. The van der Waals surface area contributed by atoms with Crippen molar-refractivity contribution in [2.75, 3.05) is 0 Å². The zero-order valence-corrected chi connectivity index (χ0v) is 35.1. The first kappa shape index (κ1) is 35.9. The smallest absolute Gasteiger partial charge is 0.139 e. The number of fused-ring (bicyclic) bond motifs is 10. The van der Waals surface area contributed by atoms with E-state index >= 15 is 0 Å². The number of hydrogen-bond donors (Lipinski definition) is 0. The first-order valence-electron chi connectivity index (χ1n) is 20.9. The number of furan rings is 1. The number of rotatable bonds is 3. The molecule has 0 bridgehead atoms. The molecule has 9 heteroatoms. The van der Waals surface area contributed by atoms with Crippen LogP contribution in [0.1, 0.15) is 0 Å². The molecule has 0 atom stereocenters. The molecule has 0 fully saturated rings. The van der Waals surface area contributed by atoms with Gasteiger partial charge in [-0.1, -0.05) is 131 Å². The van der Waals surface area contributed by atoms with E-state index in [-0.39, 0.29) is 0 Å². The van der Waals surface area contributed by atoms with E-state index in [1.165, 1.54) is 136 Å². The highest BCUT2D eigenvalue weighted by molar-refractivity contribution is 6.71. The molecule has 10 aromatic carbocycles. The van der Waals surface area contributed by atoms with E-state index in [0.717, 1.165) is 16.6 Å². The summed E-state index contributed by atoms with van der Waals surface area (Å²) in [6.07, 6.45) is 0. The van der Waals surface area contributed by atoms with Gasteiger partial charge in [0, 0.05) is 10.8 Å². The van der Waals surface area contributed by atoms with E-state index in [0.29, 0.717) is 0 Å². The summed E-state index contributed by atoms with van der Waals surface area (Å²) in [6, 6.07) is 49.3. The van der Waals surface area contributed by atoms with Crippen LogP contribution >= 0.6 is 0 Å². The van der Waals surface area contributed by atoms with Crippen molar-refractivity contribution in [3.8, 4) is 33.4 Å². The molecule has 1 aromatic heterocycles. The molecule has 0 unspecified atom stereocenters. The Bertz CT molecular complexity index is 3560. The van der Waals surface area contributed by atoms with Gasteiger partial charge in [-0.05, 0) is 112 Å². The Morgan fingerprint density at radius 2 is 0.763 bits per heavy atom. The standard InChI is InChI=1S/C50H38B8O/c51-43-39-36(25-15-13-23(14-16-25)26-18-19-34-33(21-26)37-29-10-4-1-7-24(29)17-20-35(37)59-34)40-42(46(54)50(58)48(56)44(40)52)38(41(39)45(53)49(57)47(43)55)32-22-27-8-2-3-9-28(27)30-11-5-6-12-31(30)32/h1-22H,51-58H2. The highest BCUT2D eigenvalue weighted by atomic mass is 16.3. The van der Waals surface area contributed by atoms with Crippen LogP contribution in [0.3, 0.4) is 0 Å². The normalized spacial score (nSPS) is 11.9. The fourth-order valence-corrected chi connectivity index (χ4v) is 10.5. The molecule has 0 aliphatic heterocycles. The SMILES string of the molecule is Bc1c(B)c(B)c2c(-c3cc4ccccc4c4ccccc34)c3c(B)c(B)c(B)c(B)c3c(-c3ccc(-c4ccc5oc6ccc7ccccc7c6c5c4)cc3)c2c1B. The van der Waals surface area contributed by atoms with Crippen LogP contribution in [0.5, 0.6) is 0 Å². The Kier molecular flexibility index (Phi) is 8.02. The van der Waals surface area contributed by atoms with Crippen LogP contribution in [0.15, 0.2) is 138 Å². The molecule has 0 saturated carbocycles. The Hall–Kier alpha value is -6.18. The lowest BCUT2D eigenvalue weighted by molar-refractivity contribution is 0.669. The fraction of sp³-hybridized carbons (Fsp3) is 0. The quantitative estimate of drug-likeness (QED) is 0.146. The maximum Gasteiger partial charge on any atom is 0.139 e. The van der Waals surface area contributed by atoms with Gasteiger partial charge in [-0.15, -0.1) is 21.9 Å². The summed E-state index contributed by atoms with van der Waals surface area (Å²) in [5.74, 6) is 0. The molecule has 0 amide bonds. The molecule has 1 nitrogen and oxygen atoms in total. The maximum atomic E-state index is 6.37. The van der Waals surface area contributed by atoms with E-state index in [9.17, 15) is 0 Å². The first-order chi connectivity index (χ1) is 28.6. The van der Waals surface area contributed by atoms with Gasteiger partial charge in [0.25, 0.3) is 0 Å². The summed E-state index contributed by atoms with van der Waals surface area (Å²) in [6.45, 7) is 0. The molecular formula is C50H38B8O. The Morgan fingerprint density at radius 3 is 1.39 bits per heavy atom. The van der Waals surface area contributed by atoms with E-state index in [2.05, 4.69) is 196 Å². The first-order valence-corrected chi connectivity index (χ1v) is 20.9. The van der Waals surface area contributed by atoms with Crippen molar-refractivity contribution >= 4 is 182 Å². The summed E-state index contributed by atoms with van der Waals surface area (Å²) in [7, 11) is 18.7. The molecule has 1 heterocycles. The zero-order chi connectivity index (χ0) is 40.4. The molecule has 268 valence electrons. The molecule has 11 aromatic rings. The van der Waals surface area contributed by atoms with Crippen molar-refractivity contribution in [3.63, 3.8) is 0 Å². The second-order valence-electron chi connectivity index (χ2n) is 17.0. The van der Waals surface area contributed by atoms with Crippen LogP contribution in [-0.4, -0.2) is 62.8 Å². The van der Waals surface area contributed by atoms with Crippen molar-refractivity contribution in [2.45, 2.75) is 0 Å². The van der Waals surface area contributed by atoms with Gasteiger partial charge in [0.1, 0.15) is 73.9 Å². The monoisotopic (exact) mass is 742 g/mol. The number of hydrogen-bond acceptors (Lipinski definition) is 1. The van der Waals surface area contributed by atoms with Crippen LogP contribution in [0.2, 0.25) is 0 Å². The predicted octanol–water partition coefficient (Wildman–Crippen LogP) is 0.420. The van der Waals surface area contributed by atoms with Crippen molar-refractivity contribution in [2.24, 2.45) is 0 Å². The Labute approximate surface area is 351 Å². The topological polar surface area (TPSA) is 13.1 Å². The molecule has 0 saturated heterocycles. The average Bonchev–Trinajstić information content (AvgIpc) is 3.66. The molecule has 59 heavy (non-hydrogen) atoms. The van der Waals surface area contributed by atoms with Crippen LogP contribution in [0.4, 0.5) is 0 Å². The predicted molar refractivity (Wildman–Crippen MR) is 283 cm³/mol. The summed E-state index contributed by atoms with van der Waals surface area (Å²) in [5.41, 5.74) is 20.4. The number of benzene rings is 10. The van der Waals surface area contributed by atoms with Crippen molar-refractivity contribution < 1.29 is 4.42 Å². The third-order valence-electron chi connectivity index (χ3n) is 14.3. The maximum absolute atomic E-state index is 6.37. The van der Waals surface area contributed by atoms with E-state index in [1.54, 1.807) is 0 Å². The van der Waals surface area contributed by atoms with Gasteiger partial charge in [0.2, 0.25) is 0 Å². The zero-order valence-electron chi connectivity index (χ0n) is 35.1. The van der Waals surface area contributed by atoms with Gasteiger partial charge in [0.15, 0.2) is 0 Å². The Morgan fingerprint density at radius 1 is 0.288 bits per heavy atom. The third kappa shape index (κ3) is 5.10. The molecule has 11 rings (SSSR count). The second kappa shape index (κ2) is 13.2. The highest BCUT2D eigenvalue weighted by Gasteiger charge is 2.26. The van der Waals surface area contributed by atoms with Crippen LogP contribution < -0.4 is 43.7 Å². The fourth-order valence-electron chi connectivity index (χ4n) is 10.5. The van der Waals surface area contributed by atoms with Gasteiger partial charge < -0.3 is 4.42 Å². The molecule has 0 radical (unpaired) electrons. The summed E-state index contributed by atoms with van der Waals surface area (Å²) in [4.78, 5) is 0. The lowest BCUT2D eigenvalue weighted by Gasteiger charge is -2.28. The van der Waals surface area contributed by atoms with Gasteiger partial charge in [-0.3, -0.25) is 0 Å². The third-order valence-corrected chi connectivity index (χ3v) is 14.3. The average molecular weight is 741 g/mol. The van der Waals surface area contributed by atoms with Gasteiger partial charge >= 0.3 is 0 Å². The van der Waals surface area contributed by atoms with Crippen LogP contribution in [0, 0.1) is 0 Å². The minimum Gasteiger partial charge on any atom is -0.456 e. The largest absolute Gasteiger partial charge is 0.456 e. The van der Waals surface area contributed by atoms with Gasteiger partial charge in [0.05, 0.1) is 0 Å². The summed E-state index contributed by atoms with van der Waals surface area (Å²) < 4.78 is 6.37. The van der Waals surface area contributed by atoms with E-state index in [1.807, 2.05) is 0 Å². The lowest BCUT2D eigenvalue weighted by atomic mass is 9.59. The summed E-state index contributed by atoms with van der Waals surface area (Å²) in [5, 5.41) is 15.4.